The van der Waals surface area contributed by atoms with Crippen LogP contribution < -0.4 is 5.32 Å². The zero-order valence-corrected chi connectivity index (χ0v) is 22.0. The van der Waals surface area contributed by atoms with Crippen LogP contribution in [-0.2, 0) is 4.74 Å². The highest BCUT2D eigenvalue weighted by molar-refractivity contribution is 7.20. The van der Waals surface area contributed by atoms with Gasteiger partial charge in [-0.1, -0.05) is 42.5 Å². The fourth-order valence-electron chi connectivity index (χ4n) is 4.27. The van der Waals surface area contributed by atoms with E-state index in [0.29, 0.717) is 31.1 Å². The lowest BCUT2D eigenvalue weighted by atomic mass is 10.1. The Kier molecular flexibility index (Phi) is 6.84. The summed E-state index contributed by atoms with van der Waals surface area (Å²) in [4.78, 5) is 34.1. The minimum atomic E-state index is -0.537. The molecule has 2 amide bonds. The van der Waals surface area contributed by atoms with Crippen LogP contribution in [0.15, 0.2) is 73.1 Å². The summed E-state index contributed by atoms with van der Waals surface area (Å²) in [7, 11) is 0. The molecule has 0 spiro atoms. The number of aromatic nitrogens is 1. The van der Waals surface area contributed by atoms with Gasteiger partial charge in [-0.2, -0.15) is 0 Å². The molecular weight excluding hydrogens is 484 g/mol. The molecule has 7 nitrogen and oxygen atoms in total. The lowest BCUT2D eigenvalue weighted by Gasteiger charge is -2.35. The number of ether oxygens (including phenoxy) is 1. The van der Waals surface area contributed by atoms with Gasteiger partial charge >= 0.3 is 6.09 Å². The number of fused-ring (bicyclic) bond motifs is 1. The van der Waals surface area contributed by atoms with Crippen LogP contribution in [0.5, 0.6) is 0 Å². The predicted octanol–water partition coefficient (Wildman–Crippen LogP) is 6.40. The van der Waals surface area contributed by atoms with Crippen molar-refractivity contribution in [2.45, 2.75) is 26.4 Å². The van der Waals surface area contributed by atoms with Crippen molar-refractivity contribution in [2.24, 2.45) is 0 Å². The topological polar surface area (TPSA) is 74.8 Å². The molecule has 2 aromatic heterocycles. The number of nitrogens with one attached hydrogen (secondary N) is 1. The van der Waals surface area contributed by atoms with Gasteiger partial charge in [0.25, 0.3) is 5.91 Å². The number of rotatable bonds is 4. The molecule has 0 radical (unpaired) electrons. The maximum Gasteiger partial charge on any atom is 0.410 e. The summed E-state index contributed by atoms with van der Waals surface area (Å²) in [6.07, 6.45) is 3.25. The van der Waals surface area contributed by atoms with Gasteiger partial charge in [-0.25, -0.2) is 4.79 Å². The summed E-state index contributed by atoms with van der Waals surface area (Å²) in [6.45, 7) is 7.42. The van der Waals surface area contributed by atoms with Crippen LogP contribution in [0.2, 0.25) is 0 Å². The Morgan fingerprint density at radius 3 is 2.22 bits per heavy atom. The molecule has 5 rings (SSSR count). The van der Waals surface area contributed by atoms with Crippen molar-refractivity contribution in [2.75, 3.05) is 31.5 Å². The first-order chi connectivity index (χ1) is 17.8. The van der Waals surface area contributed by atoms with Crippen LogP contribution in [0, 0.1) is 0 Å². The third-order valence-electron chi connectivity index (χ3n) is 6.15. The largest absolute Gasteiger partial charge is 0.444 e. The SMILES string of the molecule is CC(C)(C)OC(=O)N1CCN(C(=O)c2cc3c(Nc4ccc(-c5ccccc5)cc4)cncc3s2)CC1. The molecule has 1 N–H and O–H groups in total. The van der Waals surface area contributed by atoms with Gasteiger partial charge in [0.05, 0.1) is 21.5 Å². The normalized spacial score (nSPS) is 14.0. The van der Waals surface area contributed by atoms with Gasteiger partial charge in [-0.05, 0) is 50.1 Å². The number of carbonyl (C=O) groups is 2. The Bertz CT molecular complexity index is 1400. The summed E-state index contributed by atoms with van der Waals surface area (Å²) >= 11 is 1.44. The number of anilines is 2. The Morgan fingerprint density at radius 2 is 1.54 bits per heavy atom. The molecule has 1 aliphatic rings. The highest BCUT2D eigenvalue weighted by Crippen LogP contribution is 2.33. The Hall–Kier alpha value is -3.91. The molecular formula is C29H30N4O3S. The lowest BCUT2D eigenvalue weighted by Crippen LogP contribution is -2.51. The van der Waals surface area contributed by atoms with Gasteiger partial charge in [-0.3, -0.25) is 9.78 Å². The number of piperazine rings is 1. The molecule has 4 aromatic rings. The molecule has 37 heavy (non-hydrogen) atoms. The highest BCUT2D eigenvalue weighted by atomic mass is 32.1. The maximum atomic E-state index is 13.3. The van der Waals surface area contributed by atoms with E-state index in [1.165, 1.54) is 16.9 Å². The second-order valence-electron chi connectivity index (χ2n) is 10.0. The van der Waals surface area contributed by atoms with Crippen molar-refractivity contribution in [3.63, 3.8) is 0 Å². The van der Waals surface area contributed by atoms with Crippen LogP contribution in [-0.4, -0.2) is 58.6 Å². The van der Waals surface area contributed by atoms with Crippen LogP contribution >= 0.6 is 11.3 Å². The molecule has 8 heteroatoms. The van der Waals surface area contributed by atoms with Crippen LogP contribution in [0.1, 0.15) is 30.4 Å². The standard InChI is InChI=1S/C29H30N4O3S/c1-29(2,3)36-28(35)33-15-13-32(14-16-33)27(34)25-17-23-24(18-30-19-26(23)37-25)31-22-11-9-21(10-12-22)20-7-5-4-6-8-20/h4-12,17-19,31H,13-16H2,1-3H3. The first kappa shape index (κ1) is 24.8. The fraction of sp³-hybridized carbons (Fsp3) is 0.276. The molecule has 0 bridgehead atoms. The molecule has 3 heterocycles. The molecule has 0 saturated carbocycles. The smallest absolute Gasteiger partial charge is 0.410 e. The maximum absolute atomic E-state index is 13.3. The average molecular weight is 515 g/mol. The van der Waals surface area contributed by atoms with Gasteiger partial charge in [0.15, 0.2) is 0 Å². The van der Waals surface area contributed by atoms with E-state index in [1.54, 1.807) is 22.2 Å². The monoisotopic (exact) mass is 514 g/mol. The number of hydrogen-bond donors (Lipinski definition) is 1. The molecule has 1 fully saturated rings. The van der Waals surface area contributed by atoms with Crippen molar-refractivity contribution in [3.05, 3.63) is 77.9 Å². The van der Waals surface area contributed by atoms with Crippen LogP contribution in [0.25, 0.3) is 21.2 Å². The predicted molar refractivity (Wildman–Crippen MR) is 148 cm³/mol. The number of amides is 2. The van der Waals surface area contributed by atoms with E-state index >= 15 is 0 Å². The van der Waals surface area contributed by atoms with Crippen molar-refractivity contribution < 1.29 is 14.3 Å². The lowest BCUT2D eigenvalue weighted by molar-refractivity contribution is 0.0141. The average Bonchev–Trinajstić information content (AvgIpc) is 3.34. The Balaban J connectivity index is 1.27. The number of hydrogen-bond acceptors (Lipinski definition) is 6. The number of nitrogens with zero attached hydrogens (tertiary/aromatic N) is 3. The molecule has 0 aliphatic carbocycles. The van der Waals surface area contributed by atoms with E-state index in [2.05, 4.69) is 34.6 Å². The van der Waals surface area contributed by atoms with E-state index in [4.69, 9.17) is 4.74 Å². The van der Waals surface area contributed by atoms with Gasteiger partial charge in [0, 0.05) is 43.4 Å². The van der Waals surface area contributed by atoms with Crippen molar-refractivity contribution >= 4 is 44.8 Å². The van der Waals surface area contributed by atoms with E-state index in [1.807, 2.05) is 57.2 Å². The van der Waals surface area contributed by atoms with Crippen molar-refractivity contribution in [1.82, 2.24) is 14.8 Å². The number of carbonyl (C=O) groups excluding carboxylic acids is 2. The summed E-state index contributed by atoms with van der Waals surface area (Å²) in [5.74, 6) is -0.0248. The molecule has 1 saturated heterocycles. The van der Waals surface area contributed by atoms with E-state index in [0.717, 1.165) is 27.0 Å². The van der Waals surface area contributed by atoms with Gasteiger partial charge in [-0.15, -0.1) is 11.3 Å². The number of benzene rings is 2. The highest BCUT2D eigenvalue weighted by Gasteiger charge is 2.28. The Morgan fingerprint density at radius 1 is 0.892 bits per heavy atom. The van der Waals surface area contributed by atoms with Crippen LogP contribution in [0.4, 0.5) is 16.2 Å². The fourth-order valence-corrected chi connectivity index (χ4v) is 5.29. The zero-order chi connectivity index (χ0) is 26.0. The first-order valence-corrected chi connectivity index (χ1v) is 13.2. The quantitative estimate of drug-likeness (QED) is 0.341. The molecule has 2 aromatic carbocycles. The summed E-state index contributed by atoms with van der Waals surface area (Å²) in [5, 5.41) is 4.42. The van der Waals surface area contributed by atoms with Crippen molar-refractivity contribution in [3.8, 4) is 11.1 Å². The van der Waals surface area contributed by atoms with Crippen molar-refractivity contribution in [1.29, 1.82) is 0 Å². The third kappa shape index (κ3) is 5.75. The van der Waals surface area contributed by atoms with E-state index in [-0.39, 0.29) is 12.0 Å². The molecule has 0 unspecified atom stereocenters. The van der Waals surface area contributed by atoms with Crippen LogP contribution in [0.3, 0.4) is 0 Å². The Labute approximate surface area is 220 Å². The molecule has 0 atom stereocenters. The van der Waals surface area contributed by atoms with Gasteiger partial charge < -0.3 is 19.9 Å². The third-order valence-corrected chi connectivity index (χ3v) is 7.20. The summed E-state index contributed by atoms with van der Waals surface area (Å²) in [5.41, 5.74) is 3.59. The first-order valence-electron chi connectivity index (χ1n) is 12.3. The second kappa shape index (κ2) is 10.2. The molecule has 190 valence electrons. The van der Waals surface area contributed by atoms with E-state index in [9.17, 15) is 9.59 Å². The van der Waals surface area contributed by atoms with Gasteiger partial charge in [0.2, 0.25) is 0 Å². The number of pyridine rings is 1. The summed E-state index contributed by atoms with van der Waals surface area (Å²) < 4.78 is 6.41. The minimum absolute atomic E-state index is 0.0248. The van der Waals surface area contributed by atoms with Gasteiger partial charge in [0.1, 0.15) is 5.60 Å². The second-order valence-corrected chi connectivity index (χ2v) is 11.1. The minimum Gasteiger partial charge on any atom is -0.444 e. The van der Waals surface area contributed by atoms with E-state index < -0.39 is 5.60 Å². The molecule has 1 aliphatic heterocycles. The number of thiophene rings is 1. The summed E-state index contributed by atoms with van der Waals surface area (Å²) in [6, 6.07) is 20.5. The zero-order valence-electron chi connectivity index (χ0n) is 21.2.